The van der Waals surface area contributed by atoms with Crippen molar-refractivity contribution in [3.8, 4) is 11.5 Å². The molecule has 0 saturated carbocycles. The predicted molar refractivity (Wildman–Crippen MR) is 88.5 cm³/mol. The van der Waals surface area contributed by atoms with Crippen LogP contribution in [-0.2, 0) is 6.54 Å². The topological polar surface area (TPSA) is 44.7 Å². The van der Waals surface area contributed by atoms with Crippen LogP contribution in [0, 0.1) is 5.92 Å². The van der Waals surface area contributed by atoms with Gasteiger partial charge in [0.05, 0.1) is 7.11 Å². The summed E-state index contributed by atoms with van der Waals surface area (Å²) in [6.45, 7) is 4.34. The lowest BCUT2D eigenvalue weighted by molar-refractivity contribution is 0.172. The summed E-state index contributed by atoms with van der Waals surface area (Å²) in [6.07, 6.45) is 3.85. The molecule has 1 aromatic carbocycles. The maximum absolute atomic E-state index is 9.81. The van der Waals surface area contributed by atoms with Crippen molar-refractivity contribution in [1.29, 1.82) is 0 Å². The molecule has 0 unspecified atom stereocenters. The van der Waals surface area contributed by atoms with Gasteiger partial charge in [-0.25, -0.2) is 0 Å². The number of methoxy groups -OCH3 is 1. The Morgan fingerprint density at radius 1 is 1.33 bits per heavy atom. The Morgan fingerprint density at radius 2 is 2.05 bits per heavy atom. The van der Waals surface area contributed by atoms with Gasteiger partial charge in [-0.2, -0.15) is 0 Å². The zero-order valence-corrected chi connectivity index (χ0v) is 13.8. The smallest absolute Gasteiger partial charge is 0.160 e. The fourth-order valence-corrected chi connectivity index (χ4v) is 2.87. The number of nitrogens with one attached hydrogen (secondary N) is 1. The molecule has 0 radical (unpaired) electrons. The molecule has 0 bridgehead atoms. The van der Waals surface area contributed by atoms with E-state index in [1.807, 2.05) is 25.2 Å². The van der Waals surface area contributed by atoms with Gasteiger partial charge >= 0.3 is 0 Å². The van der Waals surface area contributed by atoms with Crippen LogP contribution in [0.3, 0.4) is 0 Å². The number of piperidine rings is 1. The van der Waals surface area contributed by atoms with Crippen molar-refractivity contribution in [3.05, 3.63) is 23.8 Å². The van der Waals surface area contributed by atoms with Crippen LogP contribution in [0.2, 0.25) is 0 Å². The van der Waals surface area contributed by atoms with Crippen molar-refractivity contribution in [1.82, 2.24) is 10.2 Å². The minimum absolute atomic E-state index is 0. The highest BCUT2D eigenvalue weighted by atomic mass is 35.5. The molecule has 0 atom stereocenters. The van der Waals surface area contributed by atoms with Gasteiger partial charge in [0.15, 0.2) is 11.5 Å². The number of aromatic hydroxyl groups is 1. The molecule has 0 aliphatic carbocycles. The van der Waals surface area contributed by atoms with E-state index in [1.54, 1.807) is 7.11 Å². The second-order valence-corrected chi connectivity index (χ2v) is 5.62. The summed E-state index contributed by atoms with van der Waals surface area (Å²) in [5, 5.41) is 13.0. The Bertz CT molecular complexity index is 421. The lowest BCUT2D eigenvalue weighted by Crippen LogP contribution is -2.34. The average Bonchev–Trinajstić information content (AvgIpc) is 2.47. The lowest BCUT2D eigenvalue weighted by Gasteiger charge is -2.32. The number of halogens is 1. The van der Waals surface area contributed by atoms with Crippen molar-refractivity contribution < 1.29 is 9.84 Å². The molecule has 1 saturated heterocycles. The van der Waals surface area contributed by atoms with Crippen LogP contribution < -0.4 is 10.1 Å². The Hall–Kier alpha value is -0.970. The number of likely N-dealkylation sites (tertiary alicyclic amines) is 1. The van der Waals surface area contributed by atoms with Crippen LogP contribution in [-0.4, -0.2) is 43.8 Å². The molecule has 1 aromatic rings. The summed E-state index contributed by atoms with van der Waals surface area (Å²) in [6, 6.07) is 5.68. The Morgan fingerprint density at radius 3 is 2.62 bits per heavy atom. The van der Waals surface area contributed by atoms with E-state index < -0.39 is 0 Å². The van der Waals surface area contributed by atoms with Gasteiger partial charge in [-0.05, 0) is 69.6 Å². The molecule has 1 fully saturated rings. The maximum Gasteiger partial charge on any atom is 0.160 e. The first-order chi connectivity index (χ1) is 9.72. The number of phenolic OH excluding ortho intramolecular Hbond substituents is 1. The average molecular weight is 315 g/mol. The Balaban J connectivity index is 0.00000220. The first kappa shape index (κ1) is 18.1. The van der Waals surface area contributed by atoms with Gasteiger partial charge in [0, 0.05) is 6.54 Å². The van der Waals surface area contributed by atoms with Crippen molar-refractivity contribution >= 4 is 12.4 Å². The predicted octanol–water partition coefficient (Wildman–Crippen LogP) is 2.64. The summed E-state index contributed by atoms with van der Waals surface area (Å²) >= 11 is 0. The second-order valence-electron chi connectivity index (χ2n) is 5.62. The summed E-state index contributed by atoms with van der Waals surface area (Å²) in [4.78, 5) is 2.47. The van der Waals surface area contributed by atoms with Gasteiger partial charge in [0.25, 0.3) is 0 Å². The largest absolute Gasteiger partial charge is 0.504 e. The third-order valence-electron chi connectivity index (χ3n) is 4.16. The number of ether oxygens (including phenoxy) is 1. The molecule has 0 aromatic heterocycles. The van der Waals surface area contributed by atoms with Gasteiger partial charge in [-0.1, -0.05) is 6.07 Å². The standard InChI is InChI=1S/C16H26N2O2.ClH/c1-17-8-5-13-6-9-18(10-7-13)12-14-3-4-16(20-2)15(19)11-14;/h3-4,11,13,17,19H,5-10,12H2,1-2H3;1H. The lowest BCUT2D eigenvalue weighted by atomic mass is 9.93. The van der Waals surface area contributed by atoms with Crippen LogP contribution >= 0.6 is 12.4 Å². The normalized spacial score (nSPS) is 16.5. The minimum atomic E-state index is 0. The molecule has 0 spiro atoms. The first-order valence-corrected chi connectivity index (χ1v) is 7.45. The number of hydrogen-bond donors (Lipinski definition) is 2. The Labute approximate surface area is 133 Å². The zero-order chi connectivity index (χ0) is 14.4. The summed E-state index contributed by atoms with van der Waals surface area (Å²) in [5.41, 5.74) is 1.15. The van der Waals surface area contributed by atoms with Gasteiger partial charge in [0.2, 0.25) is 0 Å². The van der Waals surface area contributed by atoms with E-state index in [4.69, 9.17) is 4.74 Å². The van der Waals surface area contributed by atoms with E-state index in [1.165, 1.54) is 19.3 Å². The minimum Gasteiger partial charge on any atom is -0.504 e. The van der Waals surface area contributed by atoms with E-state index in [0.29, 0.717) is 5.75 Å². The van der Waals surface area contributed by atoms with E-state index >= 15 is 0 Å². The molecule has 2 N–H and O–H groups in total. The second kappa shape index (κ2) is 9.13. The third kappa shape index (κ3) is 5.38. The van der Waals surface area contributed by atoms with Gasteiger partial charge in [0.1, 0.15) is 0 Å². The summed E-state index contributed by atoms with van der Waals surface area (Å²) in [5.74, 6) is 1.64. The quantitative estimate of drug-likeness (QED) is 0.847. The van der Waals surface area contributed by atoms with Crippen molar-refractivity contribution in [2.75, 3.05) is 33.8 Å². The molecule has 2 rings (SSSR count). The van der Waals surface area contributed by atoms with Crippen LogP contribution in [0.1, 0.15) is 24.8 Å². The fraction of sp³-hybridized carbons (Fsp3) is 0.625. The molecular weight excluding hydrogens is 288 g/mol. The number of nitrogens with zero attached hydrogens (tertiary/aromatic N) is 1. The molecule has 5 heteroatoms. The fourth-order valence-electron chi connectivity index (χ4n) is 2.87. The van der Waals surface area contributed by atoms with E-state index in [0.717, 1.165) is 37.7 Å². The summed E-state index contributed by atoms with van der Waals surface area (Å²) in [7, 11) is 3.59. The highest BCUT2D eigenvalue weighted by Gasteiger charge is 2.19. The van der Waals surface area contributed by atoms with Crippen LogP contribution in [0.25, 0.3) is 0 Å². The zero-order valence-electron chi connectivity index (χ0n) is 13.0. The Kier molecular flexibility index (Phi) is 7.86. The van der Waals surface area contributed by atoms with E-state index in [2.05, 4.69) is 10.2 Å². The SMILES string of the molecule is CNCCC1CCN(Cc2ccc(OC)c(O)c2)CC1.Cl. The molecule has 0 amide bonds. The number of benzene rings is 1. The van der Waals surface area contributed by atoms with Crippen LogP contribution in [0.4, 0.5) is 0 Å². The van der Waals surface area contributed by atoms with Crippen LogP contribution in [0.5, 0.6) is 11.5 Å². The number of hydrogen-bond acceptors (Lipinski definition) is 4. The molecule has 4 nitrogen and oxygen atoms in total. The molecule has 1 aliphatic heterocycles. The number of rotatable bonds is 6. The third-order valence-corrected chi connectivity index (χ3v) is 4.16. The van der Waals surface area contributed by atoms with Gasteiger partial charge in [-0.15, -0.1) is 12.4 Å². The molecule has 120 valence electrons. The monoisotopic (exact) mass is 314 g/mol. The highest BCUT2D eigenvalue weighted by molar-refractivity contribution is 5.85. The van der Waals surface area contributed by atoms with E-state index in [-0.39, 0.29) is 18.2 Å². The highest BCUT2D eigenvalue weighted by Crippen LogP contribution is 2.28. The van der Waals surface area contributed by atoms with Crippen molar-refractivity contribution in [2.24, 2.45) is 5.92 Å². The summed E-state index contributed by atoms with van der Waals surface area (Å²) < 4.78 is 5.07. The molecule has 1 aliphatic rings. The molecule has 21 heavy (non-hydrogen) atoms. The first-order valence-electron chi connectivity index (χ1n) is 7.45. The molecule has 1 heterocycles. The molecular formula is C16H27ClN2O2. The maximum atomic E-state index is 9.81. The van der Waals surface area contributed by atoms with Crippen LogP contribution in [0.15, 0.2) is 18.2 Å². The van der Waals surface area contributed by atoms with Crippen molar-refractivity contribution in [2.45, 2.75) is 25.8 Å². The van der Waals surface area contributed by atoms with Gasteiger partial charge < -0.3 is 15.2 Å². The number of phenols is 1. The van der Waals surface area contributed by atoms with E-state index in [9.17, 15) is 5.11 Å². The van der Waals surface area contributed by atoms with Gasteiger partial charge in [-0.3, -0.25) is 4.90 Å². The van der Waals surface area contributed by atoms with Crippen molar-refractivity contribution in [3.63, 3.8) is 0 Å².